The van der Waals surface area contributed by atoms with Crippen molar-refractivity contribution >= 4 is 16.6 Å². The van der Waals surface area contributed by atoms with Gasteiger partial charge in [-0.15, -0.1) is 0 Å². The first-order valence-electron chi connectivity index (χ1n) is 10.4. The molecule has 4 heterocycles. The van der Waals surface area contributed by atoms with Gasteiger partial charge < -0.3 is 4.52 Å². The fraction of sp³-hybridized carbons (Fsp3) is 0.217. The van der Waals surface area contributed by atoms with Crippen LogP contribution in [0.2, 0.25) is 0 Å². The number of benzene rings is 1. The molecule has 33 heavy (non-hydrogen) atoms. The lowest BCUT2D eigenvalue weighted by Gasteiger charge is -2.14. The van der Waals surface area contributed by atoms with Crippen LogP contribution in [0.4, 0.5) is 4.39 Å². The summed E-state index contributed by atoms with van der Waals surface area (Å²) in [6.07, 6.45) is 4.05. The highest BCUT2D eigenvalue weighted by Gasteiger charge is 2.38. The lowest BCUT2D eigenvalue weighted by atomic mass is 10.1. The third-order valence-electron chi connectivity index (χ3n) is 6.09. The van der Waals surface area contributed by atoms with E-state index in [4.69, 9.17) is 4.52 Å². The molecular weight excluding hydrogens is 425 g/mol. The van der Waals surface area contributed by atoms with E-state index < -0.39 is 11.4 Å². The van der Waals surface area contributed by atoms with E-state index in [0.717, 1.165) is 6.42 Å². The predicted molar refractivity (Wildman–Crippen MR) is 115 cm³/mol. The molecule has 1 fully saturated rings. The third kappa shape index (κ3) is 2.93. The molecule has 9 nitrogen and oxygen atoms in total. The molecule has 2 atom stereocenters. The molecule has 0 amide bonds. The molecule has 1 saturated carbocycles. The fourth-order valence-corrected chi connectivity index (χ4v) is 4.22. The van der Waals surface area contributed by atoms with Gasteiger partial charge in [0.25, 0.3) is 11.4 Å². The number of aromatic nitrogens is 6. The SMILES string of the molecule is CC1CC1c1noc(-c2ncn3c2c(=O)n(Cc2ccccn2)c2c(C#N)c(F)ccc23)n1. The molecule has 1 aliphatic rings. The number of nitriles is 1. The van der Waals surface area contributed by atoms with Crippen molar-refractivity contribution in [3.8, 4) is 17.7 Å². The largest absolute Gasteiger partial charge is 0.332 e. The molecule has 0 saturated heterocycles. The van der Waals surface area contributed by atoms with Crippen LogP contribution in [0.5, 0.6) is 0 Å². The molecule has 0 radical (unpaired) electrons. The second-order valence-electron chi connectivity index (χ2n) is 8.20. The smallest absolute Gasteiger partial charge is 0.278 e. The van der Waals surface area contributed by atoms with Gasteiger partial charge in [0.15, 0.2) is 11.5 Å². The number of pyridine rings is 1. The maximum absolute atomic E-state index is 14.5. The number of hydrogen-bond donors (Lipinski definition) is 0. The Balaban J connectivity index is 1.65. The second-order valence-corrected chi connectivity index (χ2v) is 8.20. The first-order chi connectivity index (χ1) is 16.1. The summed E-state index contributed by atoms with van der Waals surface area (Å²) in [6.45, 7) is 2.16. The van der Waals surface area contributed by atoms with Crippen LogP contribution in [-0.4, -0.2) is 29.1 Å². The Labute approximate surface area is 185 Å². The minimum atomic E-state index is -0.709. The van der Waals surface area contributed by atoms with Crippen LogP contribution in [0.3, 0.4) is 0 Å². The molecule has 6 rings (SSSR count). The van der Waals surface area contributed by atoms with E-state index in [2.05, 4.69) is 27.0 Å². The average molecular weight is 441 g/mol. The van der Waals surface area contributed by atoms with Gasteiger partial charge >= 0.3 is 0 Å². The Morgan fingerprint density at radius 3 is 2.82 bits per heavy atom. The molecule has 162 valence electrons. The van der Waals surface area contributed by atoms with Crippen molar-refractivity contribution in [1.29, 1.82) is 5.26 Å². The van der Waals surface area contributed by atoms with E-state index in [1.54, 1.807) is 24.4 Å². The van der Waals surface area contributed by atoms with Crippen molar-refractivity contribution < 1.29 is 8.91 Å². The zero-order valence-corrected chi connectivity index (χ0v) is 17.4. The molecule has 0 aliphatic heterocycles. The third-order valence-corrected chi connectivity index (χ3v) is 6.09. The summed E-state index contributed by atoms with van der Waals surface area (Å²) >= 11 is 0. The number of nitrogens with zero attached hydrogens (tertiary/aromatic N) is 7. The first kappa shape index (κ1) is 19.3. The zero-order chi connectivity index (χ0) is 22.7. The van der Waals surface area contributed by atoms with Gasteiger partial charge in [0.1, 0.15) is 29.3 Å². The molecule has 10 heteroatoms. The average Bonchev–Trinajstić information content (AvgIpc) is 3.20. The molecule has 4 aromatic heterocycles. The highest BCUT2D eigenvalue weighted by molar-refractivity contribution is 5.87. The number of rotatable bonds is 4. The van der Waals surface area contributed by atoms with Crippen molar-refractivity contribution in [3.05, 3.63) is 76.1 Å². The molecule has 5 aromatic rings. The van der Waals surface area contributed by atoms with E-state index >= 15 is 0 Å². The van der Waals surface area contributed by atoms with Crippen LogP contribution in [0, 0.1) is 23.1 Å². The lowest BCUT2D eigenvalue weighted by molar-refractivity contribution is 0.421. The number of hydrogen-bond acceptors (Lipinski definition) is 7. The standard InChI is InChI=1S/C23H16FN7O2/c1-12-8-14(12)21-28-22(33-29-21)18-20-23(32)30(10-13-4-2-3-7-26-13)19-15(9-25)16(24)5-6-17(19)31(20)11-27-18/h2-7,11-12,14H,8,10H2,1H3. The van der Waals surface area contributed by atoms with Gasteiger partial charge in [0.2, 0.25) is 0 Å². The van der Waals surface area contributed by atoms with Crippen LogP contribution in [-0.2, 0) is 6.54 Å². The Bertz CT molecular complexity index is 1650. The van der Waals surface area contributed by atoms with Crippen molar-refractivity contribution in [2.75, 3.05) is 0 Å². The Morgan fingerprint density at radius 2 is 2.09 bits per heavy atom. The topological polar surface area (TPSA) is 115 Å². The molecule has 1 aliphatic carbocycles. The second kappa shape index (κ2) is 7.06. The van der Waals surface area contributed by atoms with E-state index in [0.29, 0.717) is 23.0 Å². The fourth-order valence-electron chi connectivity index (χ4n) is 4.22. The van der Waals surface area contributed by atoms with Crippen LogP contribution in [0.25, 0.3) is 28.1 Å². The van der Waals surface area contributed by atoms with Crippen molar-refractivity contribution in [2.24, 2.45) is 5.92 Å². The van der Waals surface area contributed by atoms with E-state index in [9.17, 15) is 14.4 Å². The van der Waals surface area contributed by atoms with Gasteiger partial charge in [-0.25, -0.2) is 9.37 Å². The normalized spacial score (nSPS) is 17.5. The van der Waals surface area contributed by atoms with Gasteiger partial charge in [0, 0.05) is 12.1 Å². The predicted octanol–water partition coefficient (Wildman–Crippen LogP) is 3.28. The highest BCUT2D eigenvalue weighted by Crippen LogP contribution is 2.45. The molecule has 0 spiro atoms. The quantitative estimate of drug-likeness (QED) is 0.420. The van der Waals surface area contributed by atoms with E-state index in [1.807, 2.05) is 6.07 Å². The zero-order valence-electron chi connectivity index (χ0n) is 17.4. The summed E-state index contributed by atoms with van der Waals surface area (Å²) < 4.78 is 22.9. The van der Waals surface area contributed by atoms with Gasteiger partial charge in [-0.1, -0.05) is 18.1 Å². The van der Waals surface area contributed by atoms with Crippen molar-refractivity contribution in [2.45, 2.75) is 25.8 Å². The van der Waals surface area contributed by atoms with Crippen LogP contribution in [0.1, 0.15) is 36.3 Å². The maximum Gasteiger partial charge on any atom is 0.278 e. The summed E-state index contributed by atoms with van der Waals surface area (Å²) in [5, 5.41) is 13.7. The highest BCUT2D eigenvalue weighted by atomic mass is 19.1. The van der Waals surface area contributed by atoms with Crippen LogP contribution >= 0.6 is 0 Å². The first-order valence-corrected chi connectivity index (χ1v) is 10.4. The van der Waals surface area contributed by atoms with Crippen LogP contribution < -0.4 is 5.56 Å². The Morgan fingerprint density at radius 1 is 1.24 bits per heavy atom. The van der Waals surface area contributed by atoms with Crippen molar-refractivity contribution in [1.82, 2.24) is 29.1 Å². The van der Waals surface area contributed by atoms with Gasteiger partial charge in [-0.05, 0) is 36.6 Å². The summed E-state index contributed by atoms with van der Waals surface area (Å²) in [5.74, 6) is 0.781. The lowest BCUT2D eigenvalue weighted by Crippen LogP contribution is -2.25. The monoisotopic (exact) mass is 441 g/mol. The van der Waals surface area contributed by atoms with Crippen molar-refractivity contribution in [3.63, 3.8) is 0 Å². The van der Waals surface area contributed by atoms with Crippen LogP contribution in [0.15, 0.2) is 52.2 Å². The number of imidazole rings is 1. The van der Waals surface area contributed by atoms with E-state index in [1.165, 1.54) is 27.4 Å². The molecular formula is C23H16FN7O2. The summed E-state index contributed by atoms with van der Waals surface area (Å²) in [7, 11) is 0. The molecule has 0 bridgehead atoms. The Hall–Kier alpha value is -4.39. The van der Waals surface area contributed by atoms with Gasteiger partial charge in [0.05, 0.1) is 23.3 Å². The van der Waals surface area contributed by atoms with E-state index in [-0.39, 0.29) is 40.6 Å². The number of fused-ring (bicyclic) bond motifs is 3. The number of halogens is 1. The minimum Gasteiger partial charge on any atom is -0.332 e. The minimum absolute atomic E-state index is 0.0457. The molecule has 1 aromatic carbocycles. The van der Waals surface area contributed by atoms with Gasteiger partial charge in [-0.2, -0.15) is 10.2 Å². The summed E-state index contributed by atoms with van der Waals surface area (Å²) in [4.78, 5) is 26.9. The Kier molecular flexibility index (Phi) is 4.13. The van der Waals surface area contributed by atoms with Gasteiger partial charge in [-0.3, -0.25) is 18.7 Å². The maximum atomic E-state index is 14.5. The summed E-state index contributed by atoms with van der Waals surface area (Å²) in [5.41, 5.74) is 0.958. The molecule has 0 N–H and O–H groups in total. The molecule has 2 unspecified atom stereocenters. The summed E-state index contributed by atoms with van der Waals surface area (Å²) in [6, 6.07) is 9.92.